The van der Waals surface area contributed by atoms with Crippen LogP contribution in [0, 0.1) is 6.92 Å². The van der Waals surface area contributed by atoms with Crippen molar-refractivity contribution < 1.29 is 4.74 Å². The predicted octanol–water partition coefficient (Wildman–Crippen LogP) is 3.73. The molecule has 2 heteroatoms. The summed E-state index contributed by atoms with van der Waals surface area (Å²) in [7, 11) is 0. The van der Waals surface area contributed by atoms with Crippen LogP contribution < -0.4 is 10.5 Å². The second kappa shape index (κ2) is 5.54. The Bertz CT molecular complexity index is 367. The highest BCUT2D eigenvalue weighted by Crippen LogP contribution is 2.27. The van der Waals surface area contributed by atoms with Gasteiger partial charge in [-0.1, -0.05) is 18.6 Å². The van der Waals surface area contributed by atoms with Crippen LogP contribution in [0.25, 0.3) is 0 Å². The van der Waals surface area contributed by atoms with Crippen molar-refractivity contribution in [2.45, 2.75) is 58.1 Å². The topological polar surface area (TPSA) is 35.2 Å². The fourth-order valence-corrected chi connectivity index (χ4v) is 2.45. The average molecular weight is 233 g/mol. The highest BCUT2D eigenvalue weighted by molar-refractivity contribution is 5.37. The van der Waals surface area contributed by atoms with Gasteiger partial charge in [0.05, 0.1) is 6.10 Å². The summed E-state index contributed by atoms with van der Waals surface area (Å²) < 4.78 is 6.08. The number of nitrogens with two attached hydrogens (primary N) is 1. The molecule has 1 saturated carbocycles. The molecule has 0 bridgehead atoms. The van der Waals surface area contributed by atoms with Gasteiger partial charge < -0.3 is 10.5 Å². The molecule has 0 spiro atoms. The van der Waals surface area contributed by atoms with Gasteiger partial charge in [-0.2, -0.15) is 0 Å². The van der Waals surface area contributed by atoms with Crippen LogP contribution in [-0.4, -0.2) is 6.10 Å². The van der Waals surface area contributed by atoms with Gasteiger partial charge in [-0.3, -0.25) is 0 Å². The van der Waals surface area contributed by atoms with Crippen molar-refractivity contribution in [3.8, 4) is 5.75 Å². The number of ether oxygens (including phenoxy) is 1. The zero-order chi connectivity index (χ0) is 12.3. The summed E-state index contributed by atoms with van der Waals surface area (Å²) in [4.78, 5) is 0. The molecule has 2 nitrogen and oxygen atoms in total. The van der Waals surface area contributed by atoms with Gasteiger partial charge in [-0.05, 0) is 56.7 Å². The molecule has 0 saturated heterocycles. The minimum absolute atomic E-state index is 0.0948. The summed E-state index contributed by atoms with van der Waals surface area (Å²) in [6, 6.07) is 6.39. The first-order chi connectivity index (χ1) is 8.16. The van der Waals surface area contributed by atoms with E-state index >= 15 is 0 Å². The van der Waals surface area contributed by atoms with Gasteiger partial charge >= 0.3 is 0 Å². The lowest BCUT2D eigenvalue weighted by Gasteiger charge is -2.24. The molecule has 1 aromatic carbocycles. The Morgan fingerprint density at radius 3 is 2.53 bits per heavy atom. The van der Waals surface area contributed by atoms with Gasteiger partial charge in [0.1, 0.15) is 5.75 Å². The Labute approximate surface area is 104 Å². The summed E-state index contributed by atoms with van der Waals surface area (Å²) in [5.41, 5.74) is 8.25. The molecule has 1 aliphatic carbocycles. The summed E-state index contributed by atoms with van der Waals surface area (Å²) in [5, 5.41) is 0. The van der Waals surface area contributed by atoms with Gasteiger partial charge in [0.25, 0.3) is 0 Å². The van der Waals surface area contributed by atoms with Gasteiger partial charge in [0.15, 0.2) is 0 Å². The summed E-state index contributed by atoms with van der Waals surface area (Å²) in [6.07, 6.45) is 6.80. The van der Waals surface area contributed by atoms with Crippen LogP contribution in [0.3, 0.4) is 0 Å². The number of rotatable bonds is 3. The molecule has 0 amide bonds. The highest BCUT2D eigenvalue weighted by atomic mass is 16.5. The SMILES string of the molecule is Cc1cc(C(C)N)ccc1OC1CCCCC1. The lowest BCUT2D eigenvalue weighted by atomic mass is 9.97. The van der Waals surface area contributed by atoms with Crippen molar-refractivity contribution in [2.75, 3.05) is 0 Å². The maximum absolute atomic E-state index is 6.08. The largest absolute Gasteiger partial charge is 0.490 e. The fraction of sp³-hybridized carbons (Fsp3) is 0.600. The third kappa shape index (κ3) is 3.22. The molecule has 2 N–H and O–H groups in total. The number of aryl methyl sites for hydroxylation is 1. The van der Waals surface area contributed by atoms with Crippen molar-refractivity contribution in [1.29, 1.82) is 0 Å². The van der Waals surface area contributed by atoms with Crippen molar-refractivity contribution >= 4 is 0 Å². The van der Waals surface area contributed by atoms with Gasteiger partial charge in [-0.15, -0.1) is 0 Å². The van der Waals surface area contributed by atoms with E-state index in [0.29, 0.717) is 6.10 Å². The maximum atomic E-state index is 6.08. The van der Waals surface area contributed by atoms with E-state index in [0.717, 1.165) is 5.75 Å². The zero-order valence-corrected chi connectivity index (χ0v) is 10.9. The Morgan fingerprint density at radius 1 is 1.24 bits per heavy atom. The van der Waals surface area contributed by atoms with Crippen LogP contribution in [0.15, 0.2) is 18.2 Å². The van der Waals surface area contributed by atoms with E-state index < -0.39 is 0 Å². The summed E-state index contributed by atoms with van der Waals surface area (Å²) >= 11 is 0. The van der Waals surface area contributed by atoms with E-state index in [2.05, 4.69) is 25.1 Å². The van der Waals surface area contributed by atoms with E-state index in [1.165, 1.54) is 43.2 Å². The molecule has 0 heterocycles. The van der Waals surface area contributed by atoms with E-state index in [4.69, 9.17) is 10.5 Å². The number of benzene rings is 1. The first kappa shape index (κ1) is 12.4. The third-order valence-electron chi connectivity index (χ3n) is 3.57. The predicted molar refractivity (Wildman–Crippen MR) is 71.3 cm³/mol. The molecular formula is C15H23NO. The molecule has 0 aliphatic heterocycles. The molecule has 94 valence electrons. The molecule has 0 radical (unpaired) electrons. The Morgan fingerprint density at radius 2 is 1.94 bits per heavy atom. The lowest BCUT2D eigenvalue weighted by Crippen LogP contribution is -2.20. The van der Waals surface area contributed by atoms with E-state index in [1.54, 1.807) is 0 Å². The smallest absolute Gasteiger partial charge is 0.122 e. The molecule has 1 atom stereocenters. The summed E-state index contributed by atoms with van der Waals surface area (Å²) in [6.45, 7) is 4.11. The zero-order valence-electron chi connectivity index (χ0n) is 10.9. The summed E-state index contributed by atoms with van der Waals surface area (Å²) in [5.74, 6) is 1.03. The van der Waals surface area contributed by atoms with Gasteiger partial charge in [0, 0.05) is 6.04 Å². The van der Waals surface area contributed by atoms with Crippen molar-refractivity contribution in [1.82, 2.24) is 0 Å². The Balaban J connectivity index is 2.05. The minimum Gasteiger partial charge on any atom is -0.490 e. The minimum atomic E-state index is 0.0948. The Kier molecular flexibility index (Phi) is 4.06. The second-order valence-corrected chi connectivity index (χ2v) is 5.19. The van der Waals surface area contributed by atoms with E-state index in [1.807, 2.05) is 6.92 Å². The molecule has 0 aromatic heterocycles. The lowest BCUT2D eigenvalue weighted by molar-refractivity contribution is 0.154. The van der Waals surface area contributed by atoms with Crippen LogP contribution in [0.1, 0.15) is 56.2 Å². The van der Waals surface area contributed by atoms with Crippen LogP contribution in [0.2, 0.25) is 0 Å². The van der Waals surface area contributed by atoms with E-state index in [9.17, 15) is 0 Å². The Hall–Kier alpha value is -1.02. The standard InChI is InChI=1S/C15H23NO/c1-11-10-13(12(2)16)8-9-15(11)17-14-6-4-3-5-7-14/h8-10,12,14H,3-7,16H2,1-2H3. The first-order valence-corrected chi connectivity index (χ1v) is 6.69. The van der Waals surface area contributed by atoms with Crippen LogP contribution in [-0.2, 0) is 0 Å². The maximum Gasteiger partial charge on any atom is 0.122 e. The number of hydrogen-bond donors (Lipinski definition) is 1. The number of hydrogen-bond acceptors (Lipinski definition) is 2. The average Bonchev–Trinajstić information content (AvgIpc) is 2.33. The fourth-order valence-electron chi connectivity index (χ4n) is 2.45. The van der Waals surface area contributed by atoms with Crippen LogP contribution >= 0.6 is 0 Å². The molecular weight excluding hydrogens is 210 g/mol. The normalized spacial score (nSPS) is 19.0. The quantitative estimate of drug-likeness (QED) is 0.863. The second-order valence-electron chi connectivity index (χ2n) is 5.19. The van der Waals surface area contributed by atoms with E-state index in [-0.39, 0.29) is 6.04 Å². The molecule has 1 aliphatic rings. The molecule has 1 fully saturated rings. The van der Waals surface area contributed by atoms with Gasteiger partial charge in [0.2, 0.25) is 0 Å². The van der Waals surface area contributed by atoms with Crippen LogP contribution in [0.5, 0.6) is 5.75 Å². The van der Waals surface area contributed by atoms with Crippen LogP contribution in [0.4, 0.5) is 0 Å². The molecule has 2 rings (SSSR count). The monoisotopic (exact) mass is 233 g/mol. The van der Waals surface area contributed by atoms with Gasteiger partial charge in [-0.25, -0.2) is 0 Å². The molecule has 1 unspecified atom stereocenters. The molecule has 1 aromatic rings. The first-order valence-electron chi connectivity index (χ1n) is 6.69. The third-order valence-corrected chi connectivity index (χ3v) is 3.57. The van der Waals surface area contributed by atoms with Crippen molar-refractivity contribution in [3.05, 3.63) is 29.3 Å². The van der Waals surface area contributed by atoms with Crippen molar-refractivity contribution in [3.63, 3.8) is 0 Å². The van der Waals surface area contributed by atoms with Crippen molar-refractivity contribution in [2.24, 2.45) is 5.73 Å². The molecule has 17 heavy (non-hydrogen) atoms. The highest BCUT2D eigenvalue weighted by Gasteiger charge is 2.15.